The largest absolute Gasteiger partial charge is 0.468 e. The Labute approximate surface area is 155 Å². The molecule has 1 amide bonds. The molecule has 6 heteroatoms. The van der Waals surface area contributed by atoms with Gasteiger partial charge in [0.15, 0.2) is 0 Å². The maximum Gasteiger partial charge on any atom is 0.325 e. The van der Waals surface area contributed by atoms with Gasteiger partial charge in [-0.1, -0.05) is 46.3 Å². The van der Waals surface area contributed by atoms with Gasteiger partial charge in [0, 0.05) is 10.0 Å². The second kappa shape index (κ2) is 10.9. The average molecular weight is 410 g/mol. The zero-order chi connectivity index (χ0) is 17.9. The smallest absolute Gasteiger partial charge is 0.325 e. The molecule has 1 N–H and O–H groups in total. The van der Waals surface area contributed by atoms with Gasteiger partial charge in [0.1, 0.15) is 6.54 Å². The van der Waals surface area contributed by atoms with Crippen molar-refractivity contribution in [3.8, 4) is 11.1 Å². The molecule has 128 valence electrons. The highest BCUT2D eigenvalue weighted by Gasteiger charge is 2.14. The molecular formula is C18H20BrNO3S. The zero-order valence-electron chi connectivity index (χ0n) is 13.8. The van der Waals surface area contributed by atoms with Crippen molar-refractivity contribution in [2.24, 2.45) is 0 Å². The normalized spacial score (nSPS) is 9.50. The van der Waals surface area contributed by atoms with Crippen molar-refractivity contribution in [1.82, 2.24) is 5.32 Å². The molecule has 4 nitrogen and oxygen atoms in total. The predicted octanol–water partition coefficient (Wildman–Crippen LogP) is 4.00. The molecule has 0 radical (unpaired) electrons. The Balaban J connectivity index is 0.000000891. The lowest BCUT2D eigenvalue weighted by Crippen LogP contribution is -2.30. The fraction of sp³-hybridized carbons (Fsp3) is 0.222. The van der Waals surface area contributed by atoms with Gasteiger partial charge in [0.2, 0.25) is 0 Å². The SMILES string of the molecule is COC(=O)CNC(=O)c1ccc(Br)cc1-c1ccccc1.CSC. The van der Waals surface area contributed by atoms with Crippen LogP contribution in [0.4, 0.5) is 0 Å². The lowest BCUT2D eigenvalue weighted by atomic mass is 9.99. The van der Waals surface area contributed by atoms with E-state index in [1.165, 1.54) is 7.11 Å². The summed E-state index contributed by atoms with van der Waals surface area (Å²) in [7, 11) is 1.28. The van der Waals surface area contributed by atoms with Crippen molar-refractivity contribution in [2.45, 2.75) is 0 Å². The molecule has 0 aromatic heterocycles. The molecule has 0 heterocycles. The highest BCUT2D eigenvalue weighted by molar-refractivity contribution is 9.10. The Kier molecular flexibility index (Phi) is 9.19. The molecule has 0 saturated carbocycles. The summed E-state index contributed by atoms with van der Waals surface area (Å²) in [6.07, 6.45) is 4.08. The van der Waals surface area contributed by atoms with Gasteiger partial charge in [-0.15, -0.1) is 0 Å². The molecule has 0 saturated heterocycles. The minimum absolute atomic E-state index is 0.153. The van der Waals surface area contributed by atoms with Gasteiger partial charge in [-0.05, 0) is 41.8 Å². The van der Waals surface area contributed by atoms with Gasteiger partial charge in [-0.2, -0.15) is 11.8 Å². The molecule has 0 atom stereocenters. The quantitative estimate of drug-likeness (QED) is 0.775. The van der Waals surface area contributed by atoms with Crippen LogP contribution in [0.25, 0.3) is 11.1 Å². The van der Waals surface area contributed by atoms with Gasteiger partial charge in [0.25, 0.3) is 5.91 Å². The first-order valence-electron chi connectivity index (χ1n) is 7.13. The number of nitrogens with one attached hydrogen (secondary N) is 1. The number of halogens is 1. The fourth-order valence-corrected chi connectivity index (χ4v) is 2.25. The van der Waals surface area contributed by atoms with Crippen molar-refractivity contribution >= 4 is 39.6 Å². The van der Waals surface area contributed by atoms with E-state index in [0.29, 0.717) is 5.56 Å². The van der Waals surface area contributed by atoms with Crippen LogP contribution in [0.15, 0.2) is 53.0 Å². The molecule has 0 aliphatic carbocycles. The highest BCUT2D eigenvalue weighted by atomic mass is 79.9. The number of hydrogen-bond donors (Lipinski definition) is 1. The van der Waals surface area contributed by atoms with Crippen LogP contribution in [0.2, 0.25) is 0 Å². The van der Waals surface area contributed by atoms with Crippen LogP contribution >= 0.6 is 27.7 Å². The predicted molar refractivity (Wildman–Crippen MR) is 103 cm³/mol. The number of carbonyl (C=O) groups excluding carboxylic acids is 2. The lowest BCUT2D eigenvalue weighted by Gasteiger charge is -2.10. The van der Waals surface area contributed by atoms with Crippen molar-refractivity contribution < 1.29 is 14.3 Å². The number of amides is 1. The minimum Gasteiger partial charge on any atom is -0.468 e. The number of thioether (sulfide) groups is 1. The molecule has 2 rings (SSSR count). The third-order valence-electron chi connectivity index (χ3n) is 2.93. The van der Waals surface area contributed by atoms with Crippen molar-refractivity contribution in [1.29, 1.82) is 0 Å². The average Bonchev–Trinajstić information content (AvgIpc) is 2.60. The molecule has 0 fully saturated rings. The third-order valence-corrected chi connectivity index (χ3v) is 3.43. The van der Waals surface area contributed by atoms with Crippen LogP contribution in [0, 0.1) is 0 Å². The summed E-state index contributed by atoms with van der Waals surface area (Å²) in [6.45, 7) is -0.153. The highest BCUT2D eigenvalue weighted by Crippen LogP contribution is 2.27. The third kappa shape index (κ3) is 6.37. The van der Waals surface area contributed by atoms with E-state index < -0.39 is 5.97 Å². The molecule has 0 aliphatic heterocycles. The van der Waals surface area contributed by atoms with Crippen LogP contribution in [0.3, 0.4) is 0 Å². The van der Waals surface area contributed by atoms with Gasteiger partial charge in [-0.3, -0.25) is 9.59 Å². The van der Waals surface area contributed by atoms with Crippen molar-refractivity contribution in [2.75, 3.05) is 26.2 Å². The van der Waals surface area contributed by atoms with Crippen LogP contribution in [0.1, 0.15) is 10.4 Å². The fourth-order valence-electron chi connectivity index (χ4n) is 1.89. The molecule has 0 spiro atoms. The molecular weight excluding hydrogens is 390 g/mol. The number of rotatable bonds is 4. The Hall–Kier alpha value is -1.79. The maximum atomic E-state index is 12.2. The first-order valence-corrected chi connectivity index (χ1v) is 9.56. The van der Waals surface area contributed by atoms with Crippen LogP contribution < -0.4 is 5.32 Å². The van der Waals surface area contributed by atoms with Gasteiger partial charge >= 0.3 is 5.97 Å². The molecule has 0 bridgehead atoms. The molecule has 0 aliphatic rings. The summed E-state index contributed by atoms with van der Waals surface area (Å²) in [5.74, 6) is -0.798. The maximum absolute atomic E-state index is 12.2. The molecule has 24 heavy (non-hydrogen) atoms. The summed E-state index contributed by atoms with van der Waals surface area (Å²) < 4.78 is 5.39. The molecule has 2 aromatic rings. The summed E-state index contributed by atoms with van der Waals surface area (Å²) in [4.78, 5) is 23.3. The van der Waals surface area contributed by atoms with Crippen LogP contribution in [-0.2, 0) is 9.53 Å². The Morgan fingerprint density at radius 1 is 1.12 bits per heavy atom. The van der Waals surface area contributed by atoms with Gasteiger partial charge in [-0.25, -0.2) is 0 Å². The van der Waals surface area contributed by atoms with E-state index in [2.05, 4.69) is 26.0 Å². The first kappa shape index (κ1) is 20.3. The number of ether oxygens (including phenoxy) is 1. The Morgan fingerprint density at radius 2 is 1.75 bits per heavy atom. The topological polar surface area (TPSA) is 55.4 Å². The van der Waals surface area contributed by atoms with E-state index >= 15 is 0 Å². The summed E-state index contributed by atoms with van der Waals surface area (Å²) in [5, 5.41) is 2.55. The number of carbonyl (C=O) groups is 2. The van der Waals surface area contributed by atoms with Gasteiger partial charge < -0.3 is 10.1 Å². The Bertz CT molecular complexity index is 677. The molecule has 0 unspecified atom stereocenters. The number of benzene rings is 2. The van der Waals surface area contributed by atoms with Crippen LogP contribution in [0.5, 0.6) is 0 Å². The molecule has 2 aromatic carbocycles. The second-order valence-corrected chi connectivity index (χ2v) is 6.46. The Morgan fingerprint density at radius 3 is 2.33 bits per heavy atom. The van der Waals surface area contributed by atoms with E-state index in [4.69, 9.17) is 0 Å². The zero-order valence-corrected chi connectivity index (χ0v) is 16.2. The number of methoxy groups -OCH3 is 1. The van der Waals surface area contributed by atoms with E-state index in [-0.39, 0.29) is 12.5 Å². The number of esters is 1. The first-order chi connectivity index (χ1) is 11.5. The van der Waals surface area contributed by atoms with Crippen LogP contribution in [-0.4, -0.2) is 38.0 Å². The standard InChI is InChI=1S/C16H14BrNO3.C2H6S/c1-21-15(19)10-18-16(20)13-8-7-12(17)9-14(13)11-5-3-2-4-6-11;1-3-2/h2-9H,10H2,1H3,(H,18,20);1-2H3. The second-order valence-electron chi connectivity index (χ2n) is 4.72. The van der Waals surface area contributed by atoms with E-state index in [9.17, 15) is 9.59 Å². The number of hydrogen-bond acceptors (Lipinski definition) is 4. The summed E-state index contributed by atoms with van der Waals surface area (Å²) in [5.41, 5.74) is 2.24. The summed E-state index contributed by atoms with van der Waals surface area (Å²) >= 11 is 5.16. The van der Waals surface area contributed by atoms with Gasteiger partial charge in [0.05, 0.1) is 7.11 Å². The minimum atomic E-state index is -0.485. The van der Waals surface area contributed by atoms with Crippen molar-refractivity contribution in [3.63, 3.8) is 0 Å². The van der Waals surface area contributed by atoms with E-state index in [0.717, 1.165) is 15.6 Å². The van der Waals surface area contributed by atoms with Crippen molar-refractivity contribution in [3.05, 3.63) is 58.6 Å². The monoisotopic (exact) mass is 409 g/mol. The summed E-state index contributed by atoms with van der Waals surface area (Å²) in [6, 6.07) is 15.0. The van der Waals surface area contributed by atoms with E-state index in [1.807, 2.05) is 48.9 Å². The lowest BCUT2D eigenvalue weighted by molar-refractivity contribution is -0.139. The van der Waals surface area contributed by atoms with E-state index in [1.54, 1.807) is 23.9 Å².